The van der Waals surface area contributed by atoms with Crippen molar-refractivity contribution >= 4 is 12.3 Å². The third-order valence-electron chi connectivity index (χ3n) is 5.45. The minimum absolute atomic E-state index is 0.0605. The summed E-state index contributed by atoms with van der Waals surface area (Å²) in [7, 11) is 0. The Kier molecular flexibility index (Phi) is 7.80. The van der Waals surface area contributed by atoms with E-state index in [9.17, 15) is 9.59 Å². The highest BCUT2D eigenvalue weighted by molar-refractivity contribution is 5.79. The Bertz CT molecular complexity index is 377. The third kappa shape index (κ3) is 6.46. The number of hydrogen-bond acceptors (Lipinski definition) is 3. The molecule has 0 aliphatic heterocycles. The van der Waals surface area contributed by atoms with Gasteiger partial charge >= 0.3 is 5.97 Å². The van der Waals surface area contributed by atoms with E-state index in [2.05, 4.69) is 4.90 Å². The predicted molar refractivity (Wildman–Crippen MR) is 91.4 cm³/mol. The number of rotatable bonds is 10. The van der Waals surface area contributed by atoms with Crippen LogP contribution < -0.4 is 0 Å². The van der Waals surface area contributed by atoms with Crippen molar-refractivity contribution in [1.82, 2.24) is 4.90 Å². The van der Waals surface area contributed by atoms with Gasteiger partial charge in [-0.25, -0.2) is 4.79 Å². The number of nitrogens with zero attached hydrogens (tertiary/aromatic N) is 1. The van der Waals surface area contributed by atoms with E-state index < -0.39 is 5.97 Å². The van der Waals surface area contributed by atoms with Gasteiger partial charge in [-0.2, -0.15) is 0 Å². The molecule has 4 nitrogen and oxygen atoms in total. The van der Waals surface area contributed by atoms with Crippen molar-refractivity contribution < 1.29 is 14.7 Å². The lowest BCUT2D eigenvalue weighted by Crippen LogP contribution is -2.42. The summed E-state index contributed by atoms with van der Waals surface area (Å²) in [6.07, 6.45) is 15.8. The predicted octanol–water partition coefficient (Wildman–Crippen LogP) is 3.66. The number of allylic oxidation sites excluding steroid dienone is 1. The molecular weight excluding hydrogens is 290 g/mol. The fraction of sp³-hybridized carbons (Fsp3) is 0.789. The van der Waals surface area contributed by atoms with Crippen molar-refractivity contribution in [2.75, 3.05) is 13.1 Å². The zero-order chi connectivity index (χ0) is 16.5. The lowest BCUT2D eigenvalue weighted by atomic mass is 10.0. The van der Waals surface area contributed by atoms with E-state index in [1.165, 1.54) is 57.4 Å². The maximum Gasteiger partial charge on any atom is 0.327 e. The quantitative estimate of drug-likeness (QED) is 0.493. The first-order chi connectivity index (χ1) is 11.2. The Balaban J connectivity index is 1.90. The van der Waals surface area contributed by atoms with Crippen LogP contribution in [0.15, 0.2) is 12.2 Å². The van der Waals surface area contributed by atoms with Crippen LogP contribution in [0.25, 0.3) is 0 Å². The second kappa shape index (κ2) is 9.86. The molecule has 0 bridgehead atoms. The summed E-state index contributed by atoms with van der Waals surface area (Å²) in [6.45, 7) is 2.09. The molecule has 0 unspecified atom stereocenters. The molecule has 0 amide bonds. The largest absolute Gasteiger partial charge is 0.478 e. The van der Waals surface area contributed by atoms with Crippen LogP contribution in [-0.2, 0) is 9.59 Å². The zero-order valence-corrected chi connectivity index (χ0v) is 14.2. The molecular formula is C19H31NO3. The minimum atomic E-state index is -0.915. The Hall–Kier alpha value is -1.16. The maximum absolute atomic E-state index is 11.6. The lowest BCUT2D eigenvalue weighted by Gasteiger charge is -2.32. The summed E-state index contributed by atoms with van der Waals surface area (Å²) < 4.78 is 0. The molecule has 0 spiro atoms. The molecule has 2 aliphatic carbocycles. The Labute approximate surface area is 139 Å². The van der Waals surface area contributed by atoms with Gasteiger partial charge in [0.2, 0.25) is 0 Å². The number of carboxylic acid groups (broad SMARTS) is 1. The number of carbonyl (C=O) groups excluding carboxylic acids is 1. The first kappa shape index (κ1) is 18.2. The SMILES string of the molecule is O=C[C@@H](CC/C=C/C(=O)O)N(CC1CCCC1)CC1CCCC1. The summed E-state index contributed by atoms with van der Waals surface area (Å²) in [5.41, 5.74) is 0. The van der Waals surface area contributed by atoms with Crippen molar-refractivity contribution in [1.29, 1.82) is 0 Å². The molecule has 23 heavy (non-hydrogen) atoms. The second-order valence-corrected chi connectivity index (χ2v) is 7.28. The molecule has 0 saturated heterocycles. The van der Waals surface area contributed by atoms with E-state index in [-0.39, 0.29) is 6.04 Å². The van der Waals surface area contributed by atoms with Crippen LogP contribution in [0.4, 0.5) is 0 Å². The van der Waals surface area contributed by atoms with Crippen molar-refractivity contribution in [3.8, 4) is 0 Å². The van der Waals surface area contributed by atoms with Gasteiger partial charge in [0.1, 0.15) is 6.29 Å². The van der Waals surface area contributed by atoms with Gasteiger partial charge in [-0.15, -0.1) is 0 Å². The summed E-state index contributed by atoms with van der Waals surface area (Å²) in [5, 5.41) is 8.66. The monoisotopic (exact) mass is 321 g/mol. The summed E-state index contributed by atoms with van der Waals surface area (Å²) in [5.74, 6) is 0.572. The molecule has 0 radical (unpaired) electrons. The molecule has 0 aromatic heterocycles. The molecule has 2 aliphatic rings. The van der Waals surface area contributed by atoms with Crippen LogP contribution in [-0.4, -0.2) is 41.4 Å². The summed E-state index contributed by atoms with van der Waals surface area (Å²) in [6, 6.07) is -0.0605. The Morgan fingerprint density at radius 2 is 1.57 bits per heavy atom. The van der Waals surface area contributed by atoms with Crippen molar-refractivity contribution in [2.45, 2.75) is 70.3 Å². The highest BCUT2D eigenvalue weighted by Crippen LogP contribution is 2.30. The fourth-order valence-electron chi connectivity index (χ4n) is 4.18. The fourth-order valence-corrected chi connectivity index (χ4v) is 4.18. The van der Waals surface area contributed by atoms with Gasteiger partial charge in [0.05, 0.1) is 6.04 Å². The molecule has 4 heteroatoms. The smallest absolute Gasteiger partial charge is 0.327 e. The van der Waals surface area contributed by atoms with Crippen LogP contribution in [0, 0.1) is 11.8 Å². The van der Waals surface area contributed by atoms with Gasteiger partial charge in [0.15, 0.2) is 0 Å². The van der Waals surface area contributed by atoms with E-state index in [0.29, 0.717) is 6.42 Å². The molecule has 2 rings (SSSR count). The third-order valence-corrected chi connectivity index (χ3v) is 5.45. The van der Waals surface area contributed by atoms with Crippen molar-refractivity contribution in [3.63, 3.8) is 0 Å². The van der Waals surface area contributed by atoms with E-state index in [1.54, 1.807) is 6.08 Å². The van der Waals surface area contributed by atoms with E-state index in [4.69, 9.17) is 5.11 Å². The van der Waals surface area contributed by atoms with Gasteiger partial charge in [-0.05, 0) is 50.4 Å². The zero-order valence-electron chi connectivity index (χ0n) is 14.2. The number of carboxylic acids is 1. The molecule has 130 valence electrons. The van der Waals surface area contributed by atoms with Gasteiger partial charge in [0, 0.05) is 19.2 Å². The Morgan fingerprint density at radius 1 is 1.04 bits per heavy atom. The van der Waals surface area contributed by atoms with Crippen molar-refractivity contribution in [3.05, 3.63) is 12.2 Å². The number of aldehydes is 1. The van der Waals surface area contributed by atoms with Crippen molar-refractivity contribution in [2.24, 2.45) is 11.8 Å². The average molecular weight is 321 g/mol. The topological polar surface area (TPSA) is 57.6 Å². The molecule has 0 aromatic carbocycles. The first-order valence-corrected chi connectivity index (χ1v) is 9.28. The number of hydrogen-bond donors (Lipinski definition) is 1. The molecule has 1 N–H and O–H groups in total. The standard InChI is InChI=1S/C19H31NO3/c21-15-18(11-5-6-12-19(22)23)20(13-16-7-1-2-8-16)14-17-9-3-4-10-17/h6,12,15-18H,1-5,7-11,13-14H2,(H,22,23)/b12-6+/t18-/m1/s1. The molecule has 2 saturated carbocycles. The van der Waals surface area contributed by atoms with Crippen LogP contribution in [0.1, 0.15) is 64.2 Å². The second-order valence-electron chi connectivity index (χ2n) is 7.28. The van der Waals surface area contributed by atoms with Crippen LogP contribution >= 0.6 is 0 Å². The maximum atomic E-state index is 11.6. The minimum Gasteiger partial charge on any atom is -0.478 e. The highest BCUT2D eigenvalue weighted by Gasteiger charge is 2.27. The molecule has 1 atom stereocenters. The lowest BCUT2D eigenvalue weighted by molar-refractivity contribution is -0.131. The number of aliphatic carboxylic acids is 1. The van der Waals surface area contributed by atoms with Gasteiger partial charge < -0.3 is 9.90 Å². The van der Waals surface area contributed by atoms with Crippen LogP contribution in [0.5, 0.6) is 0 Å². The van der Waals surface area contributed by atoms with E-state index >= 15 is 0 Å². The number of carbonyl (C=O) groups is 2. The highest BCUT2D eigenvalue weighted by atomic mass is 16.4. The molecule has 0 heterocycles. The molecule has 2 fully saturated rings. The summed E-state index contributed by atoms with van der Waals surface area (Å²) >= 11 is 0. The van der Waals surface area contributed by atoms with E-state index in [1.807, 2.05) is 0 Å². The normalized spacial score (nSPS) is 21.4. The Morgan fingerprint density at radius 3 is 2.00 bits per heavy atom. The van der Waals surface area contributed by atoms with Gasteiger partial charge in [-0.1, -0.05) is 31.8 Å². The van der Waals surface area contributed by atoms with Gasteiger partial charge in [0.25, 0.3) is 0 Å². The summed E-state index contributed by atoms with van der Waals surface area (Å²) in [4.78, 5) is 24.6. The first-order valence-electron chi connectivity index (χ1n) is 9.28. The van der Waals surface area contributed by atoms with Crippen LogP contribution in [0.3, 0.4) is 0 Å². The van der Waals surface area contributed by atoms with Gasteiger partial charge in [-0.3, -0.25) is 4.90 Å². The van der Waals surface area contributed by atoms with E-state index in [0.717, 1.165) is 37.6 Å². The average Bonchev–Trinajstić information content (AvgIpc) is 3.20. The molecule has 0 aromatic rings. The van der Waals surface area contributed by atoms with Crippen LogP contribution in [0.2, 0.25) is 0 Å².